The number of urea groups is 1. The third-order valence-electron chi connectivity index (χ3n) is 5.46. The summed E-state index contributed by atoms with van der Waals surface area (Å²) < 4.78 is 0. The van der Waals surface area contributed by atoms with E-state index in [0.29, 0.717) is 47.6 Å². The van der Waals surface area contributed by atoms with Crippen molar-refractivity contribution >= 4 is 64.2 Å². The summed E-state index contributed by atoms with van der Waals surface area (Å²) >= 11 is 13.5. The molecule has 2 N–H and O–H groups in total. The molecule has 4 amide bonds. The summed E-state index contributed by atoms with van der Waals surface area (Å²) in [5.41, 5.74) is 2.24. The lowest BCUT2D eigenvalue weighted by Gasteiger charge is -2.35. The maximum absolute atomic E-state index is 12.8. The third kappa shape index (κ3) is 5.14. The van der Waals surface area contributed by atoms with Gasteiger partial charge in [0, 0.05) is 53.2 Å². The molecule has 0 spiro atoms. The first-order valence-electron chi connectivity index (χ1n) is 10.2. The Labute approximate surface area is 200 Å². The van der Waals surface area contributed by atoms with Crippen LogP contribution in [-0.4, -0.2) is 59.1 Å². The first-order chi connectivity index (χ1) is 15.3. The van der Waals surface area contributed by atoms with E-state index in [2.05, 4.69) is 10.6 Å². The molecule has 2 aromatic carbocycles. The number of aryl methyl sites for hydroxylation is 1. The summed E-state index contributed by atoms with van der Waals surface area (Å²) in [5.74, 6) is -0.298. The topological polar surface area (TPSA) is 81.8 Å². The second kappa shape index (κ2) is 9.60. The van der Waals surface area contributed by atoms with Crippen molar-refractivity contribution in [1.29, 1.82) is 0 Å². The summed E-state index contributed by atoms with van der Waals surface area (Å²) in [7, 11) is 0. The zero-order valence-corrected chi connectivity index (χ0v) is 19.7. The lowest BCUT2D eigenvalue weighted by molar-refractivity contribution is -0.133. The zero-order valence-electron chi connectivity index (χ0n) is 17.4. The number of hydrogen-bond donors (Lipinski definition) is 2. The van der Waals surface area contributed by atoms with Gasteiger partial charge in [-0.15, -0.1) is 11.8 Å². The van der Waals surface area contributed by atoms with E-state index in [1.54, 1.807) is 34.1 Å². The highest BCUT2D eigenvalue weighted by molar-refractivity contribution is 8.01. The molecular formula is C22H22Cl2N4O3S. The Bertz CT molecular complexity index is 1070. The first kappa shape index (κ1) is 22.8. The van der Waals surface area contributed by atoms with Gasteiger partial charge in [0.25, 0.3) is 0 Å². The Hall–Kier alpha value is -2.42. The van der Waals surface area contributed by atoms with Gasteiger partial charge in [-0.1, -0.05) is 29.3 Å². The summed E-state index contributed by atoms with van der Waals surface area (Å²) in [6, 6.07) is 10.5. The van der Waals surface area contributed by atoms with E-state index < -0.39 is 5.25 Å². The standard InChI is InChI=1S/C22H22Cl2N4O3S/c1-13-2-4-15(11-16(13)24)25-22(31)28-8-6-27(7-9-28)20(29)12-19-21(30)26-17-10-14(23)3-5-18(17)32-19/h2-5,10-11,19H,6-9,12H2,1H3,(H,25,31)(H,26,30). The summed E-state index contributed by atoms with van der Waals surface area (Å²) in [6.07, 6.45) is 0.104. The molecular weight excluding hydrogens is 471 g/mol. The molecule has 2 aromatic rings. The van der Waals surface area contributed by atoms with Gasteiger partial charge in [0.2, 0.25) is 11.8 Å². The molecule has 1 atom stereocenters. The molecule has 1 fully saturated rings. The van der Waals surface area contributed by atoms with Crippen molar-refractivity contribution in [2.45, 2.75) is 23.5 Å². The van der Waals surface area contributed by atoms with Crippen LogP contribution in [0.15, 0.2) is 41.3 Å². The van der Waals surface area contributed by atoms with E-state index in [1.807, 2.05) is 19.1 Å². The summed E-state index contributed by atoms with van der Waals surface area (Å²) in [4.78, 5) is 42.0. The number of nitrogens with one attached hydrogen (secondary N) is 2. The number of hydrogen-bond acceptors (Lipinski definition) is 4. The Morgan fingerprint density at radius 3 is 2.53 bits per heavy atom. The van der Waals surface area contributed by atoms with Gasteiger partial charge in [-0.3, -0.25) is 9.59 Å². The number of carbonyl (C=O) groups is 3. The number of thioether (sulfide) groups is 1. The predicted octanol–water partition coefficient (Wildman–Crippen LogP) is 4.48. The van der Waals surface area contributed by atoms with Gasteiger partial charge in [-0.2, -0.15) is 0 Å². The van der Waals surface area contributed by atoms with Gasteiger partial charge < -0.3 is 20.4 Å². The highest BCUT2D eigenvalue weighted by Crippen LogP contribution is 2.38. The fourth-order valence-corrected chi connectivity index (χ4v) is 5.01. The number of nitrogens with zero attached hydrogens (tertiary/aromatic N) is 2. The van der Waals surface area contributed by atoms with E-state index in [9.17, 15) is 14.4 Å². The van der Waals surface area contributed by atoms with Crippen LogP contribution in [0.25, 0.3) is 0 Å². The van der Waals surface area contributed by atoms with Gasteiger partial charge in [0.05, 0.1) is 10.9 Å². The van der Waals surface area contributed by atoms with Crippen LogP contribution in [0.3, 0.4) is 0 Å². The number of amides is 4. The van der Waals surface area contributed by atoms with Crippen molar-refractivity contribution in [3.8, 4) is 0 Å². The molecule has 0 saturated carbocycles. The Morgan fingerprint density at radius 2 is 1.81 bits per heavy atom. The molecule has 7 nitrogen and oxygen atoms in total. The molecule has 168 valence electrons. The summed E-state index contributed by atoms with van der Waals surface area (Å²) in [6.45, 7) is 3.58. The van der Waals surface area contributed by atoms with Crippen molar-refractivity contribution in [3.05, 3.63) is 52.0 Å². The van der Waals surface area contributed by atoms with E-state index >= 15 is 0 Å². The lowest BCUT2D eigenvalue weighted by Crippen LogP contribution is -2.52. The van der Waals surface area contributed by atoms with Crippen molar-refractivity contribution < 1.29 is 14.4 Å². The lowest BCUT2D eigenvalue weighted by atomic mass is 10.2. The van der Waals surface area contributed by atoms with Crippen LogP contribution in [0.5, 0.6) is 0 Å². The van der Waals surface area contributed by atoms with Crippen molar-refractivity contribution in [2.24, 2.45) is 0 Å². The number of fused-ring (bicyclic) bond motifs is 1. The van der Waals surface area contributed by atoms with Gasteiger partial charge >= 0.3 is 6.03 Å². The van der Waals surface area contributed by atoms with Crippen LogP contribution < -0.4 is 10.6 Å². The molecule has 0 radical (unpaired) electrons. The van der Waals surface area contributed by atoms with Crippen LogP contribution in [0, 0.1) is 6.92 Å². The molecule has 1 saturated heterocycles. The fraction of sp³-hybridized carbons (Fsp3) is 0.318. The number of halogens is 2. The van der Waals surface area contributed by atoms with Gasteiger partial charge in [0.15, 0.2) is 0 Å². The van der Waals surface area contributed by atoms with E-state index in [4.69, 9.17) is 23.2 Å². The van der Waals surface area contributed by atoms with Gasteiger partial charge in [0.1, 0.15) is 0 Å². The molecule has 2 heterocycles. The normalized spacial score (nSPS) is 18.1. The van der Waals surface area contributed by atoms with Crippen LogP contribution in [0.4, 0.5) is 16.2 Å². The predicted molar refractivity (Wildman–Crippen MR) is 128 cm³/mol. The minimum atomic E-state index is -0.496. The second-order valence-corrected chi connectivity index (χ2v) is 9.79. The second-order valence-electron chi connectivity index (χ2n) is 7.70. The quantitative estimate of drug-likeness (QED) is 0.661. The largest absolute Gasteiger partial charge is 0.339 e. The molecule has 4 rings (SSSR count). The number of carbonyl (C=O) groups excluding carboxylic acids is 3. The molecule has 2 aliphatic rings. The zero-order chi connectivity index (χ0) is 22.8. The summed E-state index contributed by atoms with van der Waals surface area (Å²) in [5, 5.41) is 6.31. The van der Waals surface area contributed by atoms with Crippen LogP contribution in [0.1, 0.15) is 12.0 Å². The Kier molecular flexibility index (Phi) is 6.83. The molecule has 0 aromatic heterocycles. The molecule has 10 heteroatoms. The van der Waals surface area contributed by atoms with Crippen molar-refractivity contribution in [1.82, 2.24) is 9.80 Å². The first-order valence-corrected chi connectivity index (χ1v) is 11.8. The highest BCUT2D eigenvalue weighted by Gasteiger charge is 2.32. The minimum Gasteiger partial charge on any atom is -0.339 e. The number of piperazine rings is 1. The maximum Gasteiger partial charge on any atom is 0.321 e. The monoisotopic (exact) mass is 492 g/mol. The van der Waals surface area contributed by atoms with E-state index in [1.165, 1.54) is 11.8 Å². The molecule has 0 aliphatic carbocycles. The molecule has 1 unspecified atom stereocenters. The molecule has 2 aliphatic heterocycles. The number of benzene rings is 2. The van der Waals surface area contributed by atoms with Gasteiger partial charge in [-0.05, 0) is 42.8 Å². The maximum atomic E-state index is 12.8. The van der Waals surface area contributed by atoms with Gasteiger partial charge in [-0.25, -0.2) is 4.79 Å². The third-order valence-corrected chi connectivity index (χ3v) is 7.38. The Balaban J connectivity index is 1.29. The van der Waals surface area contributed by atoms with Crippen molar-refractivity contribution in [2.75, 3.05) is 36.8 Å². The number of rotatable bonds is 3. The van der Waals surface area contributed by atoms with Crippen LogP contribution >= 0.6 is 35.0 Å². The van der Waals surface area contributed by atoms with E-state index in [-0.39, 0.29) is 24.3 Å². The van der Waals surface area contributed by atoms with Crippen LogP contribution in [-0.2, 0) is 9.59 Å². The average molecular weight is 493 g/mol. The minimum absolute atomic E-state index is 0.0968. The smallest absolute Gasteiger partial charge is 0.321 e. The molecule has 32 heavy (non-hydrogen) atoms. The number of anilines is 2. The SMILES string of the molecule is Cc1ccc(NC(=O)N2CCN(C(=O)CC3Sc4ccc(Cl)cc4NC3=O)CC2)cc1Cl. The fourth-order valence-electron chi connectivity index (χ4n) is 3.58. The van der Waals surface area contributed by atoms with Crippen LogP contribution in [0.2, 0.25) is 10.0 Å². The van der Waals surface area contributed by atoms with E-state index in [0.717, 1.165) is 10.5 Å². The highest BCUT2D eigenvalue weighted by atomic mass is 35.5. The Morgan fingerprint density at radius 1 is 1.09 bits per heavy atom. The van der Waals surface area contributed by atoms with Crippen molar-refractivity contribution in [3.63, 3.8) is 0 Å². The average Bonchev–Trinajstić information content (AvgIpc) is 2.77. The molecule has 0 bridgehead atoms.